The van der Waals surface area contributed by atoms with Gasteiger partial charge in [-0.05, 0) is 25.8 Å². The highest BCUT2D eigenvalue weighted by Crippen LogP contribution is 2.17. The lowest BCUT2D eigenvalue weighted by Gasteiger charge is -2.11. The molecule has 0 aliphatic carbocycles. The molecule has 0 radical (unpaired) electrons. The van der Waals surface area contributed by atoms with Crippen molar-refractivity contribution in [2.24, 2.45) is 5.92 Å². The first-order chi connectivity index (χ1) is 6.60. The molecular formula is C13H24O. The number of carbonyl (C=O) groups is 1. The maximum absolute atomic E-state index is 11.5. The van der Waals surface area contributed by atoms with Crippen LogP contribution in [-0.4, -0.2) is 5.78 Å². The summed E-state index contributed by atoms with van der Waals surface area (Å²) in [7, 11) is 0. The van der Waals surface area contributed by atoms with Crippen molar-refractivity contribution >= 4 is 5.78 Å². The van der Waals surface area contributed by atoms with Crippen LogP contribution in [0.1, 0.15) is 59.8 Å². The van der Waals surface area contributed by atoms with Crippen molar-refractivity contribution in [3.63, 3.8) is 0 Å². The topological polar surface area (TPSA) is 17.1 Å². The molecule has 0 aromatic rings. The second-order valence-electron chi connectivity index (χ2n) is 4.31. The number of hydrogen-bond acceptors (Lipinski definition) is 1. The van der Waals surface area contributed by atoms with Crippen molar-refractivity contribution in [3.8, 4) is 0 Å². The van der Waals surface area contributed by atoms with Crippen LogP contribution >= 0.6 is 0 Å². The van der Waals surface area contributed by atoms with Gasteiger partial charge in [0.05, 0.1) is 0 Å². The fourth-order valence-electron chi connectivity index (χ4n) is 1.61. The lowest BCUT2D eigenvalue weighted by molar-refractivity contribution is -0.115. The van der Waals surface area contributed by atoms with Crippen molar-refractivity contribution in [2.45, 2.75) is 59.8 Å². The number of carbonyl (C=O) groups excluding carboxylic acids is 1. The number of allylic oxidation sites excluding steroid dienone is 2. The predicted octanol–water partition coefficient (Wildman–Crippen LogP) is 4.13. The largest absolute Gasteiger partial charge is 0.295 e. The Hall–Kier alpha value is -0.590. The molecule has 0 bridgehead atoms. The summed E-state index contributed by atoms with van der Waals surface area (Å²) in [5.74, 6) is 0.894. The van der Waals surface area contributed by atoms with Gasteiger partial charge in [-0.15, -0.1) is 0 Å². The molecule has 0 saturated carbocycles. The van der Waals surface area contributed by atoms with E-state index < -0.39 is 0 Å². The lowest BCUT2D eigenvalue weighted by atomic mass is 9.93. The molecule has 1 atom stereocenters. The first-order valence-electron chi connectivity index (χ1n) is 5.77. The summed E-state index contributed by atoms with van der Waals surface area (Å²) in [5.41, 5.74) is 1.11. The maximum atomic E-state index is 11.5. The quantitative estimate of drug-likeness (QED) is 0.560. The zero-order valence-electron chi connectivity index (χ0n) is 10.1. The molecule has 0 aromatic carbocycles. The van der Waals surface area contributed by atoms with E-state index >= 15 is 0 Å². The first-order valence-corrected chi connectivity index (χ1v) is 5.77. The average molecular weight is 196 g/mol. The van der Waals surface area contributed by atoms with E-state index in [0.29, 0.717) is 11.7 Å². The van der Waals surface area contributed by atoms with E-state index in [-0.39, 0.29) is 0 Å². The van der Waals surface area contributed by atoms with Gasteiger partial charge < -0.3 is 0 Å². The maximum Gasteiger partial charge on any atom is 0.155 e. The summed E-state index contributed by atoms with van der Waals surface area (Å²) in [6, 6.07) is 0. The van der Waals surface area contributed by atoms with Crippen molar-refractivity contribution in [3.05, 3.63) is 11.6 Å². The summed E-state index contributed by atoms with van der Waals surface area (Å²) >= 11 is 0. The smallest absolute Gasteiger partial charge is 0.155 e. The molecule has 14 heavy (non-hydrogen) atoms. The Morgan fingerprint density at radius 3 is 2.36 bits per heavy atom. The van der Waals surface area contributed by atoms with Crippen molar-refractivity contribution in [1.29, 1.82) is 0 Å². The van der Waals surface area contributed by atoms with Crippen LogP contribution in [0, 0.1) is 5.92 Å². The molecule has 0 spiro atoms. The van der Waals surface area contributed by atoms with Gasteiger partial charge in [0.1, 0.15) is 0 Å². The minimum absolute atomic E-state index is 0.299. The number of ketones is 1. The van der Waals surface area contributed by atoms with Crippen LogP contribution in [0.4, 0.5) is 0 Å². The van der Waals surface area contributed by atoms with Crippen molar-refractivity contribution < 1.29 is 4.79 Å². The van der Waals surface area contributed by atoms with Crippen LogP contribution in [0.3, 0.4) is 0 Å². The van der Waals surface area contributed by atoms with Crippen LogP contribution in [0.25, 0.3) is 0 Å². The molecule has 0 saturated heterocycles. The second-order valence-corrected chi connectivity index (χ2v) is 4.31. The van der Waals surface area contributed by atoms with E-state index in [1.54, 1.807) is 6.08 Å². The van der Waals surface area contributed by atoms with Gasteiger partial charge in [-0.25, -0.2) is 0 Å². The predicted molar refractivity (Wildman–Crippen MR) is 62.4 cm³/mol. The summed E-state index contributed by atoms with van der Waals surface area (Å²) in [6.45, 7) is 8.33. The van der Waals surface area contributed by atoms with Gasteiger partial charge in [0.15, 0.2) is 5.78 Å². The molecule has 0 fully saturated rings. The van der Waals surface area contributed by atoms with Crippen LogP contribution in [0.5, 0.6) is 0 Å². The highest BCUT2D eigenvalue weighted by molar-refractivity contribution is 5.90. The summed E-state index contributed by atoms with van der Waals surface area (Å²) in [5, 5.41) is 0. The van der Waals surface area contributed by atoms with Crippen molar-refractivity contribution in [2.75, 3.05) is 0 Å². The molecule has 1 nitrogen and oxygen atoms in total. The Morgan fingerprint density at radius 1 is 1.29 bits per heavy atom. The van der Waals surface area contributed by atoms with Crippen LogP contribution in [-0.2, 0) is 4.79 Å². The molecule has 0 heterocycles. The van der Waals surface area contributed by atoms with E-state index in [4.69, 9.17) is 0 Å². The van der Waals surface area contributed by atoms with E-state index in [1.807, 2.05) is 13.8 Å². The minimum atomic E-state index is 0.299. The third-order valence-corrected chi connectivity index (χ3v) is 2.48. The third-order valence-electron chi connectivity index (χ3n) is 2.48. The first kappa shape index (κ1) is 13.4. The van der Waals surface area contributed by atoms with Crippen LogP contribution in [0.2, 0.25) is 0 Å². The van der Waals surface area contributed by atoms with Gasteiger partial charge in [-0.3, -0.25) is 4.79 Å². The Balaban J connectivity index is 3.92. The molecule has 0 N–H and O–H groups in total. The molecule has 1 heteroatoms. The Labute approximate surface area is 88.6 Å². The fraction of sp³-hybridized carbons (Fsp3) is 0.769. The van der Waals surface area contributed by atoms with E-state index in [2.05, 4.69) is 13.8 Å². The average Bonchev–Trinajstić information content (AvgIpc) is 2.10. The molecule has 0 aromatic heterocycles. The SMILES string of the molecule is CCCCC(CC)CC(=O)C=C(C)C. The van der Waals surface area contributed by atoms with E-state index in [1.165, 1.54) is 19.3 Å². The monoisotopic (exact) mass is 196 g/mol. The molecule has 0 amide bonds. The minimum Gasteiger partial charge on any atom is -0.295 e. The van der Waals surface area contributed by atoms with E-state index in [9.17, 15) is 4.79 Å². The summed E-state index contributed by atoms with van der Waals surface area (Å²) in [6.07, 6.45) is 7.32. The van der Waals surface area contributed by atoms with Gasteiger partial charge >= 0.3 is 0 Å². The van der Waals surface area contributed by atoms with E-state index in [0.717, 1.165) is 18.4 Å². The molecule has 1 unspecified atom stereocenters. The van der Waals surface area contributed by atoms with Crippen molar-refractivity contribution in [1.82, 2.24) is 0 Å². The standard InChI is InChI=1S/C13H24O/c1-5-7-8-12(6-2)10-13(14)9-11(3)4/h9,12H,5-8,10H2,1-4H3. The molecule has 0 rings (SSSR count). The molecular weight excluding hydrogens is 172 g/mol. The zero-order valence-corrected chi connectivity index (χ0v) is 10.1. The Morgan fingerprint density at radius 2 is 1.93 bits per heavy atom. The lowest BCUT2D eigenvalue weighted by Crippen LogP contribution is -2.06. The van der Waals surface area contributed by atoms with Gasteiger partial charge in [0.25, 0.3) is 0 Å². The van der Waals surface area contributed by atoms with Gasteiger partial charge in [-0.1, -0.05) is 45.1 Å². The highest BCUT2D eigenvalue weighted by Gasteiger charge is 2.09. The van der Waals surface area contributed by atoms with Gasteiger partial charge in [-0.2, -0.15) is 0 Å². The molecule has 82 valence electrons. The third kappa shape index (κ3) is 6.88. The van der Waals surface area contributed by atoms with Crippen LogP contribution < -0.4 is 0 Å². The number of rotatable bonds is 7. The normalized spacial score (nSPS) is 12.3. The Bertz CT molecular complexity index is 187. The number of unbranched alkanes of at least 4 members (excludes halogenated alkanes) is 1. The second kappa shape index (κ2) is 7.78. The summed E-state index contributed by atoms with van der Waals surface area (Å²) in [4.78, 5) is 11.5. The zero-order chi connectivity index (χ0) is 11.0. The molecule has 0 aliphatic rings. The highest BCUT2D eigenvalue weighted by atomic mass is 16.1. The number of hydrogen-bond donors (Lipinski definition) is 0. The molecule has 0 aliphatic heterocycles. The van der Waals surface area contributed by atoms with Crippen LogP contribution in [0.15, 0.2) is 11.6 Å². The Kier molecular flexibility index (Phi) is 7.45. The summed E-state index contributed by atoms with van der Waals surface area (Å²) < 4.78 is 0. The van der Waals surface area contributed by atoms with Gasteiger partial charge in [0.2, 0.25) is 0 Å². The fourth-order valence-corrected chi connectivity index (χ4v) is 1.61. The van der Waals surface area contributed by atoms with Gasteiger partial charge in [0, 0.05) is 6.42 Å².